The van der Waals surface area contributed by atoms with Crippen molar-refractivity contribution in [1.29, 1.82) is 0 Å². The van der Waals surface area contributed by atoms with E-state index in [4.69, 9.17) is 4.74 Å². The Labute approximate surface area is 118 Å². The molecule has 0 aliphatic heterocycles. The Morgan fingerprint density at radius 1 is 1.26 bits per heavy atom. The summed E-state index contributed by atoms with van der Waals surface area (Å²) in [6.07, 6.45) is 1.96. The fraction of sp³-hybridized carbons (Fsp3) is 0.400. The van der Waals surface area contributed by atoms with Crippen molar-refractivity contribution in [2.75, 3.05) is 7.11 Å². The monoisotopic (exact) mass is 276 g/mol. The van der Waals surface area contributed by atoms with E-state index in [0.717, 1.165) is 11.6 Å². The number of nitrogens with zero attached hydrogens (tertiary/aromatic N) is 1. The van der Waals surface area contributed by atoms with Gasteiger partial charge in [-0.3, -0.25) is 0 Å². The Hall–Kier alpha value is -1.23. The third-order valence-electron chi connectivity index (χ3n) is 2.75. The zero-order valence-corrected chi connectivity index (χ0v) is 12.5. The number of aromatic nitrogens is 1. The van der Waals surface area contributed by atoms with Gasteiger partial charge in [-0.1, -0.05) is 38.1 Å². The minimum atomic E-state index is 0.499. The van der Waals surface area contributed by atoms with Gasteiger partial charge in [0.25, 0.3) is 0 Å². The Morgan fingerprint density at radius 2 is 2.00 bits per heavy atom. The van der Waals surface area contributed by atoms with Crippen molar-refractivity contribution >= 4 is 11.3 Å². The summed E-state index contributed by atoms with van der Waals surface area (Å²) in [6, 6.07) is 8.89. The van der Waals surface area contributed by atoms with Gasteiger partial charge in [0.05, 0.1) is 6.61 Å². The molecule has 0 saturated carbocycles. The van der Waals surface area contributed by atoms with Crippen molar-refractivity contribution in [3.63, 3.8) is 0 Å². The lowest BCUT2D eigenvalue weighted by Crippen LogP contribution is -2.21. The van der Waals surface area contributed by atoms with Crippen molar-refractivity contribution in [3.05, 3.63) is 40.9 Å². The maximum absolute atomic E-state index is 5.11. The van der Waals surface area contributed by atoms with Gasteiger partial charge in [0.15, 0.2) is 0 Å². The van der Waals surface area contributed by atoms with Crippen molar-refractivity contribution in [1.82, 2.24) is 10.3 Å². The molecule has 102 valence electrons. The van der Waals surface area contributed by atoms with Gasteiger partial charge < -0.3 is 10.1 Å². The lowest BCUT2D eigenvalue weighted by molar-refractivity contribution is 0.185. The Morgan fingerprint density at radius 3 is 2.63 bits per heavy atom. The fourth-order valence-corrected chi connectivity index (χ4v) is 2.61. The van der Waals surface area contributed by atoms with Crippen molar-refractivity contribution < 1.29 is 4.74 Å². The highest BCUT2D eigenvalue weighted by Gasteiger charge is 2.05. The number of benzene rings is 1. The molecule has 0 saturated heterocycles. The zero-order valence-electron chi connectivity index (χ0n) is 11.6. The van der Waals surface area contributed by atoms with E-state index in [1.165, 1.54) is 16.0 Å². The standard InChI is InChI=1S/C15H20N2OS/c1-11(2)16-8-14-9-17-15(19-14)13-6-4-12(5-7-13)10-18-3/h4-7,9,11,16H,8,10H2,1-3H3. The van der Waals surface area contributed by atoms with Crippen LogP contribution in [0.1, 0.15) is 24.3 Å². The molecule has 0 aliphatic carbocycles. The number of ether oxygens (including phenoxy) is 1. The number of hydrogen-bond donors (Lipinski definition) is 1. The van der Waals surface area contributed by atoms with Crippen molar-refractivity contribution in [2.45, 2.75) is 33.0 Å². The largest absolute Gasteiger partial charge is 0.380 e. The van der Waals surface area contributed by atoms with Crippen molar-refractivity contribution in [3.8, 4) is 10.6 Å². The average molecular weight is 276 g/mol. The van der Waals surface area contributed by atoms with Crippen molar-refractivity contribution in [2.24, 2.45) is 0 Å². The molecule has 1 aromatic carbocycles. The first-order chi connectivity index (χ1) is 9.19. The molecule has 0 spiro atoms. The maximum atomic E-state index is 5.11. The summed E-state index contributed by atoms with van der Waals surface area (Å²) in [5.41, 5.74) is 2.35. The quantitative estimate of drug-likeness (QED) is 0.877. The highest BCUT2D eigenvalue weighted by atomic mass is 32.1. The second-order valence-corrected chi connectivity index (χ2v) is 5.91. The average Bonchev–Trinajstić information content (AvgIpc) is 2.86. The molecule has 0 radical (unpaired) electrons. The zero-order chi connectivity index (χ0) is 13.7. The van der Waals surface area contributed by atoms with Crippen LogP contribution in [0.4, 0.5) is 0 Å². The van der Waals surface area contributed by atoms with Crippen LogP contribution in [0.25, 0.3) is 10.6 Å². The first-order valence-electron chi connectivity index (χ1n) is 6.45. The van der Waals surface area contributed by atoms with Crippen LogP contribution in [0.5, 0.6) is 0 Å². The maximum Gasteiger partial charge on any atom is 0.123 e. The molecule has 4 heteroatoms. The van der Waals surface area contributed by atoms with Crippen LogP contribution in [-0.4, -0.2) is 18.1 Å². The molecule has 2 rings (SSSR count). The highest BCUT2D eigenvalue weighted by molar-refractivity contribution is 7.15. The predicted molar refractivity (Wildman–Crippen MR) is 80.2 cm³/mol. The second kappa shape index (κ2) is 6.80. The Balaban J connectivity index is 2.05. The lowest BCUT2D eigenvalue weighted by atomic mass is 10.1. The Kier molecular flexibility index (Phi) is 5.07. The van der Waals surface area contributed by atoms with Gasteiger partial charge in [0.1, 0.15) is 5.01 Å². The molecule has 1 heterocycles. The van der Waals surface area contributed by atoms with Crippen LogP contribution < -0.4 is 5.32 Å². The van der Waals surface area contributed by atoms with E-state index in [1.807, 2.05) is 6.20 Å². The molecule has 1 aromatic heterocycles. The van der Waals surface area contributed by atoms with Gasteiger partial charge in [-0.25, -0.2) is 4.98 Å². The molecule has 1 N–H and O–H groups in total. The molecular weight excluding hydrogens is 256 g/mol. The number of thiazole rings is 1. The summed E-state index contributed by atoms with van der Waals surface area (Å²) in [5, 5.41) is 4.48. The van der Waals surface area contributed by atoms with Gasteiger partial charge in [0, 0.05) is 36.3 Å². The van der Waals surface area contributed by atoms with Crippen LogP contribution >= 0.6 is 11.3 Å². The SMILES string of the molecule is COCc1ccc(-c2ncc(CNC(C)C)s2)cc1. The number of rotatable bonds is 6. The summed E-state index contributed by atoms with van der Waals surface area (Å²) in [6.45, 7) is 5.84. The molecule has 0 fully saturated rings. The van der Waals surface area contributed by atoms with E-state index in [-0.39, 0.29) is 0 Å². The van der Waals surface area contributed by atoms with E-state index in [2.05, 4.69) is 48.4 Å². The summed E-state index contributed by atoms with van der Waals surface area (Å²) in [7, 11) is 1.71. The fourth-order valence-electron chi connectivity index (χ4n) is 1.74. The van der Waals surface area contributed by atoms with E-state index in [9.17, 15) is 0 Å². The minimum absolute atomic E-state index is 0.499. The normalized spacial score (nSPS) is 11.2. The van der Waals surface area contributed by atoms with E-state index in [0.29, 0.717) is 12.6 Å². The summed E-state index contributed by atoms with van der Waals surface area (Å²) in [4.78, 5) is 5.76. The molecule has 0 amide bonds. The third-order valence-corrected chi connectivity index (χ3v) is 3.80. The highest BCUT2D eigenvalue weighted by Crippen LogP contribution is 2.25. The van der Waals surface area contributed by atoms with Gasteiger partial charge in [-0.2, -0.15) is 0 Å². The topological polar surface area (TPSA) is 34.1 Å². The lowest BCUT2D eigenvalue weighted by Gasteiger charge is -2.04. The molecule has 0 unspecified atom stereocenters. The molecule has 19 heavy (non-hydrogen) atoms. The van der Waals surface area contributed by atoms with Crippen LogP contribution in [0, 0.1) is 0 Å². The third kappa shape index (κ3) is 4.13. The summed E-state index contributed by atoms with van der Waals surface area (Å²) < 4.78 is 5.11. The number of nitrogens with one attached hydrogen (secondary N) is 1. The van der Waals surface area contributed by atoms with Crippen LogP contribution in [0.2, 0.25) is 0 Å². The predicted octanol–water partition coefficient (Wildman–Crippen LogP) is 3.45. The first-order valence-corrected chi connectivity index (χ1v) is 7.27. The van der Waals surface area contributed by atoms with Crippen LogP contribution in [-0.2, 0) is 17.9 Å². The van der Waals surface area contributed by atoms with E-state index < -0.39 is 0 Å². The molecule has 3 nitrogen and oxygen atoms in total. The molecule has 0 aliphatic rings. The second-order valence-electron chi connectivity index (χ2n) is 4.80. The molecule has 0 bridgehead atoms. The van der Waals surface area contributed by atoms with Gasteiger partial charge in [-0.05, 0) is 5.56 Å². The molecule has 0 atom stereocenters. The molecule has 2 aromatic rings. The van der Waals surface area contributed by atoms with E-state index in [1.54, 1.807) is 18.4 Å². The smallest absolute Gasteiger partial charge is 0.123 e. The van der Waals surface area contributed by atoms with Gasteiger partial charge in [0.2, 0.25) is 0 Å². The summed E-state index contributed by atoms with van der Waals surface area (Å²) >= 11 is 1.74. The number of hydrogen-bond acceptors (Lipinski definition) is 4. The van der Waals surface area contributed by atoms with Gasteiger partial charge >= 0.3 is 0 Å². The van der Waals surface area contributed by atoms with Crippen LogP contribution in [0.15, 0.2) is 30.5 Å². The minimum Gasteiger partial charge on any atom is -0.380 e. The number of methoxy groups -OCH3 is 1. The first kappa shape index (κ1) is 14.2. The summed E-state index contributed by atoms with van der Waals surface area (Å²) in [5.74, 6) is 0. The van der Waals surface area contributed by atoms with E-state index >= 15 is 0 Å². The van der Waals surface area contributed by atoms with Gasteiger partial charge in [-0.15, -0.1) is 11.3 Å². The molecular formula is C15H20N2OS. The van der Waals surface area contributed by atoms with Crippen LogP contribution in [0.3, 0.4) is 0 Å². The Bertz CT molecular complexity index is 505.